The Kier molecular flexibility index (Phi) is 5.48. The summed E-state index contributed by atoms with van der Waals surface area (Å²) in [4.78, 5) is 7.79. The fourth-order valence-electron chi connectivity index (χ4n) is 3.80. The number of aliphatic hydroxyl groups is 1. The number of ether oxygens (including phenoxy) is 3. The van der Waals surface area contributed by atoms with Gasteiger partial charge in [0.2, 0.25) is 16.6 Å². The lowest BCUT2D eigenvalue weighted by atomic mass is 9.98. The molecule has 29 heavy (non-hydrogen) atoms. The molecule has 2 aromatic heterocycles. The number of methoxy groups -OCH3 is 3. The molecular weight excluding hydrogens is 396 g/mol. The van der Waals surface area contributed by atoms with Crippen molar-refractivity contribution in [1.82, 2.24) is 19.5 Å². The predicted molar refractivity (Wildman–Crippen MR) is 107 cm³/mol. The molecule has 1 aromatic carbocycles. The molecule has 2 N–H and O–H groups in total. The number of aliphatic hydroxyl groups excluding tert-OH is 1. The lowest BCUT2D eigenvalue weighted by Crippen LogP contribution is -2.38. The number of benzene rings is 1. The largest absolute Gasteiger partial charge is 0.493 e. The zero-order valence-electron chi connectivity index (χ0n) is 16.5. The average Bonchev–Trinajstić information content (AvgIpc) is 3.32. The first-order chi connectivity index (χ1) is 14.1. The van der Waals surface area contributed by atoms with Gasteiger partial charge in [0.15, 0.2) is 11.5 Å². The van der Waals surface area contributed by atoms with E-state index < -0.39 is 0 Å². The Labute approximate surface area is 172 Å². The third kappa shape index (κ3) is 3.47. The van der Waals surface area contributed by atoms with E-state index in [1.165, 1.54) is 22.2 Å². The molecule has 0 radical (unpaired) electrons. The summed E-state index contributed by atoms with van der Waals surface area (Å²) >= 11 is 1.39. The molecule has 1 aliphatic heterocycles. The SMILES string of the molecule is COc1cc(C(c2sc3ncnn3c2O)N2CCC(O)CC2)cc(OC)c1OC. The highest BCUT2D eigenvalue weighted by Gasteiger charge is 2.33. The van der Waals surface area contributed by atoms with Crippen LogP contribution in [0.2, 0.25) is 0 Å². The molecule has 1 unspecified atom stereocenters. The van der Waals surface area contributed by atoms with Gasteiger partial charge >= 0.3 is 0 Å². The zero-order valence-corrected chi connectivity index (χ0v) is 17.3. The van der Waals surface area contributed by atoms with E-state index in [1.807, 2.05) is 12.1 Å². The van der Waals surface area contributed by atoms with Crippen LogP contribution < -0.4 is 14.2 Å². The van der Waals surface area contributed by atoms with Gasteiger partial charge in [0.1, 0.15) is 6.33 Å². The normalized spacial score (nSPS) is 16.8. The monoisotopic (exact) mass is 420 g/mol. The predicted octanol–water partition coefficient (Wildman–Crippen LogP) is 2.07. The lowest BCUT2D eigenvalue weighted by Gasteiger charge is -2.36. The summed E-state index contributed by atoms with van der Waals surface area (Å²) < 4.78 is 17.9. The summed E-state index contributed by atoms with van der Waals surface area (Å²) in [6.07, 6.45) is 2.45. The van der Waals surface area contributed by atoms with Crippen LogP contribution in [0.1, 0.15) is 29.3 Å². The van der Waals surface area contributed by atoms with Crippen molar-refractivity contribution >= 4 is 16.3 Å². The Morgan fingerprint density at radius 1 is 1.10 bits per heavy atom. The van der Waals surface area contributed by atoms with Crippen LogP contribution in [0.5, 0.6) is 23.1 Å². The van der Waals surface area contributed by atoms with Crippen molar-refractivity contribution in [3.63, 3.8) is 0 Å². The van der Waals surface area contributed by atoms with Crippen molar-refractivity contribution in [2.24, 2.45) is 0 Å². The highest BCUT2D eigenvalue weighted by molar-refractivity contribution is 7.17. The summed E-state index contributed by atoms with van der Waals surface area (Å²) in [6, 6.07) is 3.52. The van der Waals surface area contributed by atoms with Crippen LogP contribution in [0.3, 0.4) is 0 Å². The van der Waals surface area contributed by atoms with E-state index in [1.54, 1.807) is 21.3 Å². The van der Waals surface area contributed by atoms with Crippen LogP contribution in [-0.2, 0) is 0 Å². The number of piperidine rings is 1. The molecule has 0 spiro atoms. The van der Waals surface area contributed by atoms with Gasteiger partial charge in [0.05, 0.1) is 38.4 Å². The number of likely N-dealkylation sites (tertiary alicyclic amines) is 1. The molecule has 156 valence electrons. The van der Waals surface area contributed by atoms with E-state index in [0.29, 0.717) is 48.1 Å². The van der Waals surface area contributed by atoms with Crippen molar-refractivity contribution in [2.45, 2.75) is 25.0 Å². The number of aromatic nitrogens is 3. The van der Waals surface area contributed by atoms with Gasteiger partial charge in [-0.2, -0.15) is 9.61 Å². The van der Waals surface area contributed by atoms with Gasteiger partial charge in [-0.25, -0.2) is 4.98 Å². The minimum atomic E-state index is -0.303. The topological polar surface area (TPSA) is 102 Å². The highest BCUT2D eigenvalue weighted by atomic mass is 32.1. The van der Waals surface area contributed by atoms with Gasteiger partial charge in [-0.3, -0.25) is 4.90 Å². The minimum Gasteiger partial charge on any atom is -0.493 e. The molecule has 3 aromatic rings. The second-order valence-corrected chi connectivity index (χ2v) is 7.88. The summed E-state index contributed by atoms with van der Waals surface area (Å²) in [5.74, 6) is 1.66. The van der Waals surface area contributed by atoms with Crippen LogP contribution in [0.15, 0.2) is 18.5 Å². The Bertz CT molecular complexity index is 971. The molecular formula is C19H24N4O5S. The van der Waals surface area contributed by atoms with Gasteiger partial charge in [-0.1, -0.05) is 11.3 Å². The lowest BCUT2D eigenvalue weighted by molar-refractivity contribution is 0.0688. The first-order valence-corrected chi connectivity index (χ1v) is 10.1. The third-order valence-electron chi connectivity index (χ3n) is 5.25. The van der Waals surface area contributed by atoms with E-state index >= 15 is 0 Å². The van der Waals surface area contributed by atoms with Gasteiger partial charge < -0.3 is 24.4 Å². The van der Waals surface area contributed by atoms with Crippen molar-refractivity contribution in [1.29, 1.82) is 0 Å². The smallest absolute Gasteiger partial charge is 0.230 e. The first kappa shape index (κ1) is 19.7. The maximum atomic E-state index is 10.9. The fraction of sp³-hybridized carbons (Fsp3) is 0.474. The summed E-state index contributed by atoms with van der Waals surface area (Å²) in [5.41, 5.74) is 0.885. The van der Waals surface area contributed by atoms with Crippen LogP contribution >= 0.6 is 11.3 Å². The molecule has 1 atom stereocenters. The molecule has 1 fully saturated rings. The van der Waals surface area contributed by atoms with E-state index in [2.05, 4.69) is 15.0 Å². The number of nitrogens with zero attached hydrogens (tertiary/aromatic N) is 4. The molecule has 4 rings (SSSR count). The van der Waals surface area contributed by atoms with Gasteiger partial charge in [0, 0.05) is 13.1 Å². The highest BCUT2D eigenvalue weighted by Crippen LogP contribution is 2.46. The number of thiazole rings is 1. The van der Waals surface area contributed by atoms with E-state index in [9.17, 15) is 10.2 Å². The number of rotatable bonds is 6. The molecule has 0 saturated carbocycles. The molecule has 1 saturated heterocycles. The third-order valence-corrected chi connectivity index (χ3v) is 6.34. The molecule has 0 bridgehead atoms. The summed E-state index contributed by atoms with van der Waals surface area (Å²) in [6.45, 7) is 1.38. The van der Waals surface area contributed by atoms with E-state index in [4.69, 9.17) is 14.2 Å². The van der Waals surface area contributed by atoms with Crippen molar-refractivity contribution in [3.8, 4) is 23.1 Å². The first-order valence-electron chi connectivity index (χ1n) is 9.30. The number of hydrogen-bond acceptors (Lipinski definition) is 9. The Balaban J connectivity index is 1.86. The molecule has 3 heterocycles. The van der Waals surface area contributed by atoms with E-state index in [0.717, 1.165) is 10.4 Å². The van der Waals surface area contributed by atoms with Gasteiger partial charge in [0.25, 0.3) is 0 Å². The van der Waals surface area contributed by atoms with Crippen LogP contribution in [-0.4, -0.2) is 70.2 Å². The fourth-order valence-corrected chi connectivity index (χ4v) is 4.89. The van der Waals surface area contributed by atoms with Gasteiger partial charge in [-0.05, 0) is 30.5 Å². The number of fused-ring (bicyclic) bond motifs is 1. The number of aromatic hydroxyl groups is 1. The Morgan fingerprint density at radius 2 is 1.76 bits per heavy atom. The van der Waals surface area contributed by atoms with Crippen LogP contribution in [0, 0.1) is 0 Å². The molecule has 1 aliphatic rings. The maximum Gasteiger partial charge on any atom is 0.230 e. The van der Waals surface area contributed by atoms with E-state index in [-0.39, 0.29) is 18.0 Å². The summed E-state index contributed by atoms with van der Waals surface area (Å²) in [7, 11) is 4.72. The van der Waals surface area contributed by atoms with Gasteiger partial charge in [-0.15, -0.1) is 0 Å². The van der Waals surface area contributed by atoms with Crippen LogP contribution in [0.25, 0.3) is 4.96 Å². The number of hydrogen-bond donors (Lipinski definition) is 2. The quantitative estimate of drug-likeness (QED) is 0.625. The van der Waals surface area contributed by atoms with Crippen LogP contribution in [0.4, 0.5) is 0 Å². The molecule has 0 amide bonds. The maximum absolute atomic E-state index is 10.9. The Morgan fingerprint density at radius 3 is 2.31 bits per heavy atom. The average molecular weight is 420 g/mol. The molecule has 9 nitrogen and oxygen atoms in total. The van der Waals surface area contributed by atoms with Crippen molar-refractivity contribution in [2.75, 3.05) is 34.4 Å². The second kappa shape index (κ2) is 8.05. The zero-order chi connectivity index (χ0) is 20.5. The standard InChI is InChI=1S/C19H24N4O5S/c1-26-13-8-11(9-14(27-2)16(13)28-3)15(22-6-4-12(24)5-7-22)17-18(25)23-19(29-17)20-10-21-23/h8-10,12,15,24-25H,4-7H2,1-3H3. The minimum absolute atomic E-state index is 0.0624. The second-order valence-electron chi connectivity index (χ2n) is 6.87. The van der Waals surface area contributed by atoms with Crippen molar-refractivity contribution < 1.29 is 24.4 Å². The molecule has 0 aliphatic carbocycles. The van der Waals surface area contributed by atoms with Crippen molar-refractivity contribution in [3.05, 3.63) is 28.9 Å². The molecule has 10 heteroatoms. The Hall–Kier alpha value is -2.56. The summed E-state index contributed by atoms with van der Waals surface area (Å²) in [5, 5.41) is 24.9.